The van der Waals surface area contributed by atoms with Gasteiger partial charge in [0.15, 0.2) is 0 Å². The van der Waals surface area contributed by atoms with Crippen LogP contribution in [0, 0.1) is 5.41 Å². The van der Waals surface area contributed by atoms with Crippen molar-refractivity contribution in [3.63, 3.8) is 0 Å². The van der Waals surface area contributed by atoms with Crippen molar-refractivity contribution >= 4 is 27.8 Å². The van der Waals surface area contributed by atoms with Gasteiger partial charge in [0, 0.05) is 10.9 Å². The zero-order chi connectivity index (χ0) is 15.5. The maximum atomic E-state index is 12.2. The fraction of sp³-hybridized carbons (Fsp3) is 0.500. The van der Waals surface area contributed by atoms with E-state index in [-0.39, 0.29) is 18.4 Å². The van der Waals surface area contributed by atoms with Crippen molar-refractivity contribution in [3.8, 4) is 0 Å². The Hall–Kier alpha value is -1.36. The van der Waals surface area contributed by atoms with E-state index in [2.05, 4.69) is 21.2 Å². The standard InChI is InChI=1S/C16H20BrNO3/c1-11(12-6-2-3-7-13(12)17)18-14(19)10-16(15(20)21)8-4-5-9-16/h2-3,6-7,11H,4-5,8-10H2,1H3,(H,18,19)(H,20,21)/t11-/m1/s1. The predicted molar refractivity (Wildman–Crippen MR) is 83.9 cm³/mol. The Kier molecular flexibility index (Phi) is 5.04. The number of carbonyl (C=O) groups excluding carboxylic acids is 1. The van der Waals surface area contributed by atoms with Crippen LogP contribution in [0.25, 0.3) is 0 Å². The second kappa shape index (κ2) is 6.60. The largest absolute Gasteiger partial charge is 0.481 e. The summed E-state index contributed by atoms with van der Waals surface area (Å²) in [5.41, 5.74) is 0.124. The van der Waals surface area contributed by atoms with Crippen LogP contribution in [-0.4, -0.2) is 17.0 Å². The van der Waals surface area contributed by atoms with Gasteiger partial charge in [-0.15, -0.1) is 0 Å². The molecule has 1 aromatic rings. The van der Waals surface area contributed by atoms with Crippen LogP contribution >= 0.6 is 15.9 Å². The van der Waals surface area contributed by atoms with E-state index in [1.807, 2.05) is 31.2 Å². The number of hydrogen-bond acceptors (Lipinski definition) is 2. The monoisotopic (exact) mass is 353 g/mol. The second-order valence-corrected chi connectivity index (χ2v) is 6.63. The van der Waals surface area contributed by atoms with E-state index in [1.54, 1.807) is 0 Å². The van der Waals surface area contributed by atoms with Crippen LogP contribution in [0.1, 0.15) is 50.6 Å². The molecule has 0 bridgehead atoms. The molecule has 1 aromatic carbocycles. The second-order valence-electron chi connectivity index (χ2n) is 5.78. The summed E-state index contributed by atoms with van der Waals surface area (Å²) in [5, 5.41) is 12.3. The summed E-state index contributed by atoms with van der Waals surface area (Å²) in [6.07, 6.45) is 3.04. The van der Waals surface area contributed by atoms with Crippen molar-refractivity contribution in [1.82, 2.24) is 5.32 Å². The summed E-state index contributed by atoms with van der Waals surface area (Å²) in [6.45, 7) is 1.90. The van der Waals surface area contributed by atoms with Gasteiger partial charge < -0.3 is 10.4 Å². The lowest BCUT2D eigenvalue weighted by molar-refractivity contribution is -0.151. The number of hydrogen-bond donors (Lipinski definition) is 2. The molecule has 1 fully saturated rings. The van der Waals surface area contributed by atoms with Gasteiger partial charge in [0.2, 0.25) is 5.91 Å². The van der Waals surface area contributed by atoms with Crippen molar-refractivity contribution in [3.05, 3.63) is 34.3 Å². The Morgan fingerprint density at radius 2 is 1.95 bits per heavy atom. The molecule has 0 spiro atoms. The molecule has 0 radical (unpaired) electrons. The molecule has 114 valence electrons. The van der Waals surface area contributed by atoms with Crippen LogP contribution in [0.3, 0.4) is 0 Å². The van der Waals surface area contributed by atoms with E-state index >= 15 is 0 Å². The van der Waals surface area contributed by atoms with Crippen LogP contribution in [0.15, 0.2) is 28.7 Å². The lowest BCUT2D eigenvalue weighted by Crippen LogP contribution is -2.36. The number of amides is 1. The Bertz CT molecular complexity index is 538. The molecule has 0 aliphatic heterocycles. The Labute approximate surface area is 133 Å². The minimum atomic E-state index is -0.863. The van der Waals surface area contributed by atoms with Crippen molar-refractivity contribution < 1.29 is 14.7 Å². The number of carbonyl (C=O) groups is 2. The lowest BCUT2D eigenvalue weighted by Gasteiger charge is -2.24. The third-order valence-electron chi connectivity index (χ3n) is 4.26. The molecule has 0 aromatic heterocycles. The normalized spacial score (nSPS) is 18.2. The molecule has 1 saturated carbocycles. The number of halogens is 1. The molecule has 1 aliphatic rings. The summed E-state index contributed by atoms with van der Waals surface area (Å²) < 4.78 is 0.937. The summed E-state index contributed by atoms with van der Waals surface area (Å²) in [6, 6.07) is 7.55. The number of carboxylic acids is 1. The number of nitrogens with one attached hydrogen (secondary N) is 1. The zero-order valence-corrected chi connectivity index (χ0v) is 13.6. The predicted octanol–water partition coefficient (Wildman–Crippen LogP) is 3.66. The molecule has 4 nitrogen and oxygen atoms in total. The maximum Gasteiger partial charge on any atom is 0.310 e. The van der Waals surface area contributed by atoms with Gasteiger partial charge >= 0.3 is 5.97 Å². The van der Waals surface area contributed by atoms with Gasteiger partial charge in [0.05, 0.1) is 11.5 Å². The fourth-order valence-electron chi connectivity index (χ4n) is 3.02. The van der Waals surface area contributed by atoms with E-state index < -0.39 is 11.4 Å². The van der Waals surface area contributed by atoms with Gasteiger partial charge in [-0.05, 0) is 31.4 Å². The molecule has 1 aliphatic carbocycles. The Balaban J connectivity index is 2.01. The highest BCUT2D eigenvalue weighted by Gasteiger charge is 2.43. The number of carboxylic acid groups (broad SMARTS) is 1. The van der Waals surface area contributed by atoms with Crippen LogP contribution in [0.2, 0.25) is 0 Å². The third-order valence-corrected chi connectivity index (χ3v) is 4.98. The average Bonchev–Trinajstić information content (AvgIpc) is 2.88. The lowest BCUT2D eigenvalue weighted by atomic mass is 9.82. The number of benzene rings is 1. The van der Waals surface area contributed by atoms with E-state index in [0.29, 0.717) is 12.8 Å². The highest BCUT2D eigenvalue weighted by molar-refractivity contribution is 9.10. The third kappa shape index (κ3) is 3.64. The van der Waals surface area contributed by atoms with E-state index in [4.69, 9.17) is 0 Å². The first kappa shape index (κ1) is 16.0. The van der Waals surface area contributed by atoms with Crippen molar-refractivity contribution in [2.45, 2.75) is 45.1 Å². The van der Waals surface area contributed by atoms with Gasteiger partial charge in [-0.2, -0.15) is 0 Å². The highest BCUT2D eigenvalue weighted by Crippen LogP contribution is 2.41. The summed E-state index contributed by atoms with van der Waals surface area (Å²) >= 11 is 3.46. The first-order chi connectivity index (χ1) is 9.94. The van der Waals surface area contributed by atoms with Crippen molar-refractivity contribution in [2.75, 3.05) is 0 Å². The Morgan fingerprint density at radius 1 is 1.33 bits per heavy atom. The molecule has 5 heteroatoms. The molecule has 0 unspecified atom stereocenters. The molecule has 0 heterocycles. The highest BCUT2D eigenvalue weighted by atomic mass is 79.9. The molecule has 0 saturated heterocycles. The van der Waals surface area contributed by atoms with E-state index in [1.165, 1.54) is 0 Å². The van der Waals surface area contributed by atoms with Crippen LogP contribution in [0.5, 0.6) is 0 Å². The number of rotatable bonds is 5. The molecule has 2 N–H and O–H groups in total. The van der Waals surface area contributed by atoms with Crippen molar-refractivity contribution in [1.29, 1.82) is 0 Å². The summed E-state index contributed by atoms with van der Waals surface area (Å²) in [5.74, 6) is -1.04. The van der Waals surface area contributed by atoms with Gasteiger partial charge in [-0.3, -0.25) is 9.59 Å². The molecular formula is C16H20BrNO3. The zero-order valence-electron chi connectivity index (χ0n) is 12.1. The van der Waals surface area contributed by atoms with Gasteiger partial charge in [-0.25, -0.2) is 0 Å². The summed E-state index contributed by atoms with van der Waals surface area (Å²) in [4.78, 5) is 23.7. The minimum Gasteiger partial charge on any atom is -0.481 e. The molecule has 21 heavy (non-hydrogen) atoms. The molecule has 1 amide bonds. The Morgan fingerprint density at radius 3 is 2.52 bits per heavy atom. The summed E-state index contributed by atoms with van der Waals surface area (Å²) in [7, 11) is 0. The minimum absolute atomic E-state index is 0.0666. The molecule has 2 rings (SSSR count). The smallest absolute Gasteiger partial charge is 0.310 e. The molecule has 1 atom stereocenters. The SMILES string of the molecule is C[C@@H](NC(=O)CC1(C(=O)O)CCCC1)c1ccccc1Br. The first-order valence-electron chi connectivity index (χ1n) is 7.22. The van der Waals surface area contributed by atoms with Crippen LogP contribution in [0.4, 0.5) is 0 Å². The topological polar surface area (TPSA) is 66.4 Å². The van der Waals surface area contributed by atoms with Crippen molar-refractivity contribution in [2.24, 2.45) is 5.41 Å². The molecular weight excluding hydrogens is 334 g/mol. The quantitative estimate of drug-likeness (QED) is 0.848. The maximum absolute atomic E-state index is 12.2. The van der Waals surface area contributed by atoms with Gasteiger partial charge in [-0.1, -0.05) is 47.0 Å². The van der Waals surface area contributed by atoms with Gasteiger partial charge in [0.25, 0.3) is 0 Å². The van der Waals surface area contributed by atoms with E-state index in [0.717, 1.165) is 22.9 Å². The van der Waals surface area contributed by atoms with Crippen LogP contribution < -0.4 is 5.32 Å². The van der Waals surface area contributed by atoms with Crippen LogP contribution in [-0.2, 0) is 9.59 Å². The van der Waals surface area contributed by atoms with E-state index in [9.17, 15) is 14.7 Å². The fourth-order valence-corrected chi connectivity index (χ4v) is 3.65. The average molecular weight is 354 g/mol. The van der Waals surface area contributed by atoms with Gasteiger partial charge in [0.1, 0.15) is 0 Å². The first-order valence-corrected chi connectivity index (χ1v) is 8.01. The number of aliphatic carboxylic acids is 1.